The number of nitriles is 1. The third-order valence-electron chi connectivity index (χ3n) is 2.07. The summed E-state index contributed by atoms with van der Waals surface area (Å²) in [7, 11) is 1.56. The van der Waals surface area contributed by atoms with Gasteiger partial charge in [-0.2, -0.15) is 5.26 Å². The Morgan fingerprint density at radius 2 is 2.27 bits per heavy atom. The van der Waals surface area contributed by atoms with E-state index in [9.17, 15) is 4.79 Å². The summed E-state index contributed by atoms with van der Waals surface area (Å²) in [5.74, 6) is 0.655. The molecule has 0 spiro atoms. The van der Waals surface area contributed by atoms with Crippen LogP contribution in [0.15, 0.2) is 11.0 Å². The van der Waals surface area contributed by atoms with Gasteiger partial charge in [0, 0.05) is 7.11 Å². The molecular weight excluding hydrogens is 194 g/mol. The second-order valence-electron chi connectivity index (χ2n) is 3.52. The fourth-order valence-electron chi connectivity index (χ4n) is 1.33. The van der Waals surface area contributed by atoms with Gasteiger partial charge < -0.3 is 9.72 Å². The predicted octanol–water partition coefficient (Wildman–Crippen LogP) is 0.985. The number of ether oxygens (including phenoxy) is 1. The summed E-state index contributed by atoms with van der Waals surface area (Å²) in [5.41, 5.74) is -0.414. The van der Waals surface area contributed by atoms with Crippen molar-refractivity contribution in [2.75, 3.05) is 7.11 Å². The van der Waals surface area contributed by atoms with Gasteiger partial charge in [-0.1, -0.05) is 13.8 Å². The average molecular weight is 207 g/mol. The van der Waals surface area contributed by atoms with Crippen LogP contribution in [0.4, 0.5) is 0 Å². The van der Waals surface area contributed by atoms with Crippen molar-refractivity contribution in [3.63, 3.8) is 0 Å². The van der Waals surface area contributed by atoms with E-state index in [-0.39, 0.29) is 17.6 Å². The lowest BCUT2D eigenvalue weighted by Crippen LogP contribution is -2.20. The zero-order valence-electron chi connectivity index (χ0n) is 8.94. The van der Waals surface area contributed by atoms with Gasteiger partial charge in [0.2, 0.25) is 0 Å². The Kier molecular flexibility index (Phi) is 3.58. The maximum atomic E-state index is 11.3. The number of H-pyrrole nitrogens is 1. The van der Waals surface area contributed by atoms with E-state index in [1.807, 2.05) is 13.8 Å². The second-order valence-corrected chi connectivity index (χ2v) is 3.52. The minimum Gasteiger partial charge on any atom is -0.373 e. The Morgan fingerprint density at radius 1 is 1.60 bits per heavy atom. The van der Waals surface area contributed by atoms with Gasteiger partial charge in [0.25, 0.3) is 5.56 Å². The number of methoxy groups -OCH3 is 1. The van der Waals surface area contributed by atoms with E-state index in [2.05, 4.69) is 9.97 Å². The maximum absolute atomic E-state index is 11.3. The number of rotatable bonds is 3. The molecule has 80 valence electrons. The predicted molar refractivity (Wildman–Crippen MR) is 54.2 cm³/mol. The van der Waals surface area contributed by atoms with Crippen LogP contribution in [0.5, 0.6) is 0 Å². The Hall–Kier alpha value is -1.67. The van der Waals surface area contributed by atoms with E-state index in [4.69, 9.17) is 10.00 Å². The molecule has 1 aromatic heterocycles. The molecule has 0 radical (unpaired) electrons. The number of aromatic nitrogens is 2. The lowest BCUT2D eigenvalue weighted by atomic mass is 10.1. The zero-order valence-corrected chi connectivity index (χ0v) is 8.94. The van der Waals surface area contributed by atoms with Crippen molar-refractivity contribution >= 4 is 0 Å². The number of hydrogen-bond acceptors (Lipinski definition) is 4. The minimum absolute atomic E-state index is 0.0114. The number of aromatic amines is 1. The lowest BCUT2D eigenvalue weighted by molar-refractivity contribution is 0.0572. The topological polar surface area (TPSA) is 78.8 Å². The smallest absolute Gasteiger partial charge is 0.268 e. The molecular formula is C10H13N3O2. The maximum Gasteiger partial charge on any atom is 0.268 e. The summed E-state index contributed by atoms with van der Waals surface area (Å²) in [6, 6.07) is 1.76. The van der Waals surface area contributed by atoms with Gasteiger partial charge in [-0.25, -0.2) is 4.98 Å². The number of hydrogen-bond donors (Lipinski definition) is 1. The fraction of sp³-hybridized carbons (Fsp3) is 0.500. The third kappa shape index (κ3) is 2.42. The lowest BCUT2D eigenvalue weighted by Gasteiger charge is -2.17. The molecule has 1 unspecified atom stereocenters. The third-order valence-corrected chi connectivity index (χ3v) is 2.07. The molecule has 5 heteroatoms. The summed E-state index contributed by atoms with van der Waals surface area (Å²) in [5, 5.41) is 8.57. The van der Waals surface area contributed by atoms with Crippen molar-refractivity contribution in [3.05, 3.63) is 27.9 Å². The van der Waals surface area contributed by atoms with Crippen LogP contribution in [-0.4, -0.2) is 17.1 Å². The van der Waals surface area contributed by atoms with Gasteiger partial charge in [0.1, 0.15) is 23.6 Å². The van der Waals surface area contributed by atoms with Gasteiger partial charge in [-0.15, -0.1) is 0 Å². The van der Waals surface area contributed by atoms with Crippen molar-refractivity contribution in [3.8, 4) is 6.07 Å². The highest BCUT2D eigenvalue weighted by Crippen LogP contribution is 2.20. The minimum atomic E-state index is -0.426. The molecule has 1 rings (SSSR count). The van der Waals surface area contributed by atoms with Crippen LogP contribution >= 0.6 is 0 Å². The van der Waals surface area contributed by atoms with Crippen LogP contribution < -0.4 is 5.56 Å². The molecule has 5 nitrogen and oxygen atoms in total. The molecule has 1 aromatic rings. The van der Waals surface area contributed by atoms with Gasteiger partial charge in [0.05, 0.1) is 6.20 Å². The van der Waals surface area contributed by atoms with E-state index in [1.54, 1.807) is 13.2 Å². The molecule has 0 aromatic carbocycles. The normalized spacial score (nSPS) is 12.5. The molecule has 0 amide bonds. The van der Waals surface area contributed by atoms with Crippen molar-refractivity contribution in [2.24, 2.45) is 5.92 Å². The average Bonchev–Trinajstić information content (AvgIpc) is 2.18. The van der Waals surface area contributed by atoms with Crippen LogP contribution in [0.2, 0.25) is 0 Å². The van der Waals surface area contributed by atoms with Crippen molar-refractivity contribution in [2.45, 2.75) is 20.0 Å². The quantitative estimate of drug-likeness (QED) is 0.801. The van der Waals surface area contributed by atoms with Gasteiger partial charge in [-0.3, -0.25) is 4.79 Å². The van der Waals surface area contributed by atoms with Gasteiger partial charge in [0.15, 0.2) is 0 Å². The summed E-state index contributed by atoms with van der Waals surface area (Å²) >= 11 is 0. The van der Waals surface area contributed by atoms with E-state index in [1.165, 1.54) is 6.20 Å². The highest BCUT2D eigenvalue weighted by atomic mass is 16.5. The summed E-state index contributed by atoms with van der Waals surface area (Å²) < 4.78 is 5.21. The molecule has 0 aliphatic carbocycles. The van der Waals surface area contributed by atoms with E-state index in [0.717, 1.165) is 0 Å². The number of nitrogens with zero attached hydrogens (tertiary/aromatic N) is 2. The highest BCUT2D eigenvalue weighted by Gasteiger charge is 2.17. The first kappa shape index (κ1) is 11.4. The second kappa shape index (κ2) is 4.71. The Morgan fingerprint density at radius 3 is 2.67 bits per heavy atom. The molecule has 1 N–H and O–H groups in total. The zero-order chi connectivity index (χ0) is 11.4. The van der Waals surface area contributed by atoms with Crippen LogP contribution in [0.1, 0.15) is 31.3 Å². The first-order valence-corrected chi connectivity index (χ1v) is 4.62. The molecule has 0 aliphatic rings. The first-order chi connectivity index (χ1) is 7.10. The van der Waals surface area contributed by atoms with Gasteiger partial charge in [-0.05, 0) is 5.92 Å². The fourth-order valence-corrected chi connectivity index (χ4v) is 1.33. The monoisotopic (exact) mass is 207 g/mol. The molecule has 0 saturated heterocycles. The highest BCUT2D eigenvalue weighted by molar-refractivity contribution is 5.22. The molecule has 0 bridgehead atoms. The first-order valence-electron chi connectivity index (χ1n) is 4.62. The van der Waals surface area contributed by atoms with Crippen LogP contribution in [0.3, 0.4) is 0 Å². The summed E-state index contributed by atoms with van der Waals surface area (Å²) in [4.78, 5) is 17.9. The largest absolute Gasteiger partial charge is 0.373 e. The van der Waals surface area contributed by atoms with Crippen LogP contribution in [0.25, 0.3) is 0 Å². The van der Waals surface area contributed by atoms with Crippen LogP contribution in [0, 0.1) is 17.2 Å². The van der Waals surface area contributed by atoms with E-state index in [0.29, 0.717) is 5.82 Å². The van der Waals surface area contributed by atoms with Gasteiger partial charge >= 0.3 is 0 Å². The van der Waals surface area contributed by atoms with Crippen molar-refractivity contribution in [1.29, 1.82) is 5.26 Å². The van der Waals surface area contributed by atoms with Crippen LogP contribution in [-0.2, 0) is 4.74 Å². The molecule has 0 fully saturated rings. The van der Waals surface area contributed by atoms with E-state index >= 15 is 0 Å². The molecule has 0 saturated carbocycles. The SMILES string of the molecule is COC(c1ncc(C#N)c(=O)[nH]1)C(C)C. The Balaban J connectivity index is 3.12. The Labute approximate surface area is 87.7 Å². The summed E-state index contributed by atoms with van der Waals surface area (Å²) in [6.07, 6.45) is 1.01. The van der Waals surface area contributed by atoms with Crippen molar-refractivity contribution < 1.29 is 4.74 Å². The van der Waals surface area contributed by atoms with E-state index < -0.39 is 5.56 Å². The Bertz CT molecular complexity index is 431. The molecule has 15 heavy (non-hydrogen) atoms. The number of nitrogens with one attached hydrogen (secondary N) is 1. The molecule has 1 heterocycles. The molecule has 0 aliphatic heterocycles. The molecule has 1 atom stereocenters. The van der Waals surface area contributed by atoms with Crippen molar-refractivity contribution in [1.82, 2.24) is 9.97 Å². The standard InChI is InChI=1S/C10H13N3O2/c1-6(2)8(15-3)9-12-5-7(4-11)10(14)13-9/h5-6,8H,1-3H3,(H,12,13,14). The summed E-state index contributed by atoms with van der Waals surface area (Å²) in [6.45, 7) is 3.93.